The first-order valence-corrected chi connectivity index (χ1v) is 7.03. The number of hydrogen-bond acceptors (Lipinski definition) is 4. The molecular formula is C16H20N4. The Morgan fingerprint density at radius 2 is 2.05 bits per heavy atom. The molecular weight excluding hydrogens is 248 g/mol. The van der Waals surface area contributed by atoms with E-state index in [4.69, 9.17) is 0 Å². The van der Waals surface area contributed by atoms with Crippen molar-refractivity contribution in [3.05, 3.63) is 53.6 Å². The highest BCUT2D eigenvalue weighted by Crippen LogP contribution is 2.08. The molecule has 0 saturated heterocycles. The second-order valence-electron chi connectivity index (χ2n) is 4.67. The van der Waals surface area contributed by atoms with Crippen molar-refractivity contribution in [3.8, 4) is 0 Å². The van der Waals surface area contributed by atoms with Gasteiger partial charge in [-0.25, -0.2) is 0 Å². The van der Waals surface area contributed by atoms with Gasteiger partial charge in [-0.1, -0.05) is 13.0 Å². The van der Waals surface area contributed by atoms with Gasteiger partial charge in [-0.05, 0) is 38.7 Å². The average molecular weight is 268 g/mol. The zero-order valence-electron chi connectivity index (χ0n) is 12.1. The molecule has 0 aliphatic rings. The first-order valence-electron chi connectivity index (χ1n) is 7.03. The highest BCUT2D eigenvalue weighted by atomic mass is 14.8. The average Bonchev–Trinajstić information content (AvgIpc) is 2.49. The van der Waals surface area contributed by atoms with E-state index >= 15 is 0 Å². The van der Waals surface area contributed by atoms with Crippen LogP contribution in [0.2, 0.25) is 0 Å². The van der Waals surface area contributed by atoms with E-state index in [0.29, 0.717) is 0 Å². The molecule has 2 aromatic heterocycles. The maximum atomic E-state index is 4.54. The van der Waals surface area contributed by atoms with Crippen molar-refractivity contribution in [3.63, 3.8) is 0 Å². The lowest BCUT2D eigenvalue weighted by molar-refractivity contribution is 0.792. The lowest BCUT2D eigenvalue weighted by Crippen LogP contribution is -2.00. The van der Waals surface area contributed by atoms with Crippen LogP contribution in [-0.2, 0) is 12.8 Å². The third-order valence-electron chi connectivity index (χ3n) is 3.12. The Balaban J connectivity index is 1.80. The Morgan fingerprint density at radius 1 is 1.15 bits per heavy atom. The van der Waals surface area contributed by atoms with Crippen LogP contribution in [0.25, 0.3) is 6.08 Å². The number of hydrogen-bond donors (Lipinski definition) is 0. The molecule has 0 N–H and O–H groups in total. The molecule has 2 aromatic rings. The molecule has 0 aliphatic carbocycles. The standard InChI is InChI=1S/C16H20N4/c1-3-14-12-19-16(13(2)20-14)8-6-4-5-7-15-11-17-9-10-18-15/h5,7,9-12H,3-4,6,8H2,1-2H3/b7-5+. The molecule has 0 spiro atoms. The van der Waals surface area contributed by atoms with Crippen LogP contribution in [0.15, 0.2) is 30.9 Å². The highest BCUT2D eigenvalue weighted by molar-refractivity contribution is 5.42. The van der Waals surface area contributed by atoms with Crippen LogP contribution in [-0.4, -0.2) is 19.9 Å². The second-order valence-corrected chi connectivity index (χ2v) is 4.67. The van der Waals surface area contributed by atoms with Gasteiger partial charge >= 0.3 is 0 Å². The Hall–Kier alpha value is -2.10. The number of rotatable bonds is 6. The third kappa shape index (κ3) is 4.23. The summed E-state index contributed by atoms with van der Waals surface area (Å²) in [5.74, 6) is 0. The summed E-state index contributed by atoms with van der Waals surface area (Å²) in [4.78, 5) is 17.3. The van der Waals surface area contributed by atoms with Crippen LogP contribution >= 0.6 is 0 Å². The molecule has 2 heterocycles. The summed E-state index contributed by atoms with van der Waals surface area (Å²) in [5, 5.41) is 0. The van der Waals surface area contributed by atoms with E-state index in [1.54, 1.807) is 18.6 Å². The van der Waals surface area contributed by atoms with Gasteiger partial charge < -0.3 is 0 Å². The van der Waals surface area contributed by atoms with E-state index in [1.165, 1.54) is 0 Å². The molecule has 0 aliphatic heterocycles. The number of aryl methyl sites for hydroxylation is 3. The molecule has 20 heavy (non-hydrogen) atoms. The molecule has 0 saturated carbocycles. The molecule has 0 amide bonds. The fraction of sp³-hybridized carbons (Fsp3) is 0.375. The normalized spacial score (nSPS) is 11.1. The fourth-order valence-corrected chi connectivity index (χ4v) is 1.96. The van der Waals surface area contributed by atoms with E-state index in [0.717, 1.165) is 48.5 Å². The van der Waals surface area contributed by atoms with Crippen molar-refractivity contribution in [2.75, 3.05) is 0 Å². The summed E-state index contributed by atoms with van der Waals surface area (Å²) in [6.45, 7) is 4.14. The molecule has 0 radical (unpaired) electrons. The van der Waals surface area contributed by atoms with E-state index in [-0.39, 0.29) is 0 Å². The maximum Gasteiger partial charge on any atom is 0.0809 e. The van der Waals surface area contributed by atoms with Gasteiger partial charge in [0, 0.05) is 18.6 Å². The molecule has 2 rings (SSSR count). The minimum Gasteiger partial charge on any atom is -0.261 e. The van der Waals surface area contributed by atoms with E-state index in [9.17, 15) is 0 Å². The second kappa shape index (κ2) is 7.48. The number of unbranched alkanes of at least 4 members (excludes halogenated alkanes) is 1. The Kier molecular flexibility index (Phi) is 5.35. The van der Waals surface area contributed by atoms with Gasteiger partial charge in [0.2, 0.25) is 0 Å². The molecule has 4 heteroatoms. The summed E-state index contributed by atoms with van der Waals surface area (Å²) in [5.41, 5.74) is 4.13. The molecule has 0 atom stereocenters. The van der Waals surface area contributed by atoms with Crippen LogP contribution in [0.5, 0.6) is 0 Å². The van der Waals surface area contributed by atoms with Crippen LogP contribution < -0.4 is 0 Å². The van der Waals surface area contributed by atoms with E-state index in [1.807, 2.05) is 19.2 Å². The smallest absolute Gasteiger partial charge is 0.0809 e. The van der Waals surface area contributed by atoms with Crippen LogP contribution in [0.4, 0.5) is 0 Å². The third-order valence-corrected chi connectivity index (χ3v) is 3.12. The number of allylic oxidation sites excluding steroid dienone is 1. The zero-order chi connectivity index (χ0) is 14.2. The summed E-state index contributed by atoms with van der Waals surface area (Å²) >= 11 is 0. The van der Waals surface area contributed by atoms with Gasteiger partial charge in [-0.3, -0.25) is 19.9 Å². The van der Waals surface area contributed by atoms with Crippen molar-refractivity contribution in [2.24, 2.45) is 0 Å². The summed E-state index contributed by atoms with van der Waals surface area (Å²) < 4.78 is 0. The van der Waals surface area contributed by atoms with Gasteiger partial charge in [-0.15, -0.1) is 0 Å². The van der Waals surface area contributed by atoms with Crippen molar-refractivity contribution in [2.45, 2.75) is 39.5 Å². The lowest BCUT2D eigenvalue weighted by Gasteiger charge is -2.04. The predicted octanol–water partition coefficient (Wildman–Crippen LogP) is 3.17. The van der Waals surface area contributed by atoms with E-state index < -0.39 is 0 Å². The SMILES string of the molecule is CCc1cnc(CCC/C=C/c2cnccn2)c(C)n1. The summed E-state index contributed by atoms with van der Waals surface area (Å²) in [7, 11) is 0. The van der Waals surface area contributed by atoms with Crippen LogP contribution in [0, 0.1) is 6.92 Å². The zero-order valence-corrected chi connectivity index (χ0v) is 12.1. The summed E-state index contributed by atoms with van der Waals surface area (Å²) in [6.07, 6.45) is 15.1. The van der Waals surface area contributed by atoms with Gasteiger partial charge in [0.15, 0.2) is 0 Å². The van der Waals surface area contributed by atoms with E-state index in [2.05, 4.69) is 32.9 Å². The van der Waals surface area contributed by atoms with Crippen LogP contribution in [0.1, 0.15) is 42.5 Å². The monoisotopic (exact) mass is 268 g/mol. The quantitative estimate of drug-likeness (QED) is 0.755. The molecule has 104 valence electrons. The molecule has 0 fully saturated rings. The maximum absolute atomic E-state index is 4.54. The minimum absolute atomic E-state index is 0.899. The number of aromatic nitrogens is 4. The van der Waals surface area contributed by atoms with Gasteiger partial charge in [-0.2, -0.15) is 0 Å². The minimum atomic E-state index is 0.899. The van der Waals surface area contributed by atoms with Crippen molar-refractivity contribution < 1.29 is 0 Å². The number of nitrogens with zero attached hydrogens (tertiary/aromatic N) is 4. The molecule has 4 nitrogen and oxygen atoms in total. The topological polar surface area (TPSA) is 51.6 Å². The Labute approximate surface area is 120 Å². The lowest BCUT2D eigenvalue weighted by atomic mass is 10.1. The van der Waals surface area contributed by atoms with Gasteiger partial charge in [0.1, 0.15) is 0 Å². The van der Waals surface area contributed by atoms with Crippen molar-refractivity contribution in [1.29, 1.82) is 0 Å². The predicted molar refractivity (Wildman–Crippen MR) is 80.2 cm³/mol. The van der Waals surface area contributed by atoms with Crippen LogP contribution in [0.3, 0.4) is 0 Å². The van der Waals surface area contributed by atoms with Gasteiger partial charge in [0.25, 0.3) is 0 Å². The molecule has 0 aromatic carbocycles. The Bertz CT molecular complexity index is 564. The molecule has 0 bridgehead atoms. The summed E-state index contributed by atoms with van der Waals surface area (Å²) in [6, 6.07) is 0. The first kappa shape index (κ1) is 14.3. The highest BCUT2D eigenvalue weighted by Gasteiger charge is 2.02. The van der Waals surface area contributed by atoms with Crippen molar-refractivity contribution >= 4 is 6.08 Å². The first-order chi connectivity index (χ1) is 9.79. The fourth-order valence-electron chi connectivity index (χ4n) is 1.96. The Morgan fingerprint density at radius 3 is 2.75 bits per heavy atom. The van der Waals surface area contributed by atoms with Gasteiger partial charge in [0.05, 0.1) is 29.0 Å². The molecule has 0 unspecified atom stereocenters. The largest absolute Gasteiger partial charge is 0.261 e. The van der Waals surface area contributed by atoms with Crippen molar-refractivity contribution in [1.82, 2.24) is 19.9 Å².